The van der Waals surface area contributed by atoms with Gasteiger partial charge in [0.2, 0.25) is 0 Å². The van der Waals surface area contributed by atoms with Crippen LogP contribution in [-0.4, -0.2) is 48.4 Å². The second kappa shape index (κ2) is 7.95. The van der Waals surface area contributed by atoms with Gasteiger partial charge in [-0.3, -0.25) is 0 Å². The summed E-state index contributed by atoms with van der Waals surface area (Å²) in [6.07, 6.45) is -39.2. The van der Waals surface area contributed by atoms with E-state index in [0.717, 1.165) is 13.8 Å². The SMILES string of the molecule is CC(C)CC(F)(F)C(F)(F)OC(F)(F)C(F)(F)C(F)(F)OC(F)(F)C(F)(F)C(F)(F)F. The van der Waals surface area contributed by atoms with Gasteiger partial charge in [0, 0.05) is 6.42 Å². The zero-order valence-electron chi connectivity index (χ0n) is 14.5. The van der Waals surface area contributed by atoms with Crippen LogP contribution in [0.4, 0.5) is 74.6 Å². The highest BCUT2D eigenvalue weighted by Crippen LogP contribution is 2.55. The molecule has 2 nitrogen and oxygen atoms in total. The molecule has 0 rings (SSSR count). The molecule has 0 bridgehead atoms. The fourth-order valence-corrected chi connectivity index (χ4v) is 1.55. The molecule has 0 aromatic carbocycles. The molecule has 31 heavy (non-hydrogen) atoms. The van der Waals surface area contributed by atoms with E-state index in [-0.39, 0.29) is 0 Å². The summed E-state index contributed by atoms with van der Waals surface area (Å²) in [6, 6.07) is 0. The minimum absolute atomic E-state index is 0.779. The van der Waals surface area contributed by atoms with E-state index < -0.39 is 60.7 Å². The van der Waals surface area contributed by atoms with Crippen LogP contribution < -0.4 is 0 Å². The second-order valence-corrected chi connectivity index (χ2v) is 6.22. The molecule has 0 saturated carbocycles. The number of halogens is 17. The van der Waals surface area contributed by atoms with Crippen molar-refractivity contribution in [3.63, 3.8) is 0 Å². The van der Waals surface area contributed by atoms with Crippen LogP contribution in [0.1, 0.15) is 20.3 Å². The second-order valence-electron chi connectivity index (χ2n) is 6.22. The van der Waals surface area contributed by atoms with Crippen LogP contribution in [0.2, 0.25) is 0 Å². The lowest BCUT2D eigenvalue weighted by atomic mass is 10.0. The van der Waals surface area contributed by atoms with E-state index >= 15 is 0 Å². The fourth-order valence-electron chi connectivity index (χ4n) is 1.55. The van der Waals surface area contributed by atoms with Crippen LogP contribution in [0.15, 0.2) is 0 Å². The van der Waals surface area contributed by atoms with Crippen LogP contribution in [0.3, 0.4) is 0 Å². The quantitative estimate of drug-likeness (QED) is 0.299. The van der Waals surface area contributed by atoms with Gasteiger partial charge in [-0.1, -0.05) is 13.8 Å². The summed E-state index contributed by atoms with van der Waals surface area (Å²) >= 11 is 0. The largest absolute Gasteiger partial charge is 0.462 e. The Morgan fingerprint density at radius 1 is 0.484 bits per heavy atom. The third-order valence-electron chi connectivity index (χ3n) is 3.06. The Kier molecular flexibility index (Phi) is 7.62. The summed E-state index contributed by atoms with van der Waals surface area (Å²) < 4.78 is 220. The van der Waals surface area contributed by atoms with Crippen molar-refractivity contribution < 1.29 is 84.1 Å². The Morgan fingerprint density at radius 2 is 0.774 bits per heavy atom. The molecule has 0 unspecified atom stereocenters. The van der Waals surface area contributed by atoms with E-state index in [4.69, 9.17) is 0 Å². The summed E-state index contributed by atoms with van der Waals surface area (Å²) in [4.78, 5) is 0. The molecule has 0 fully saturated rings. The molecule has 188 valence electrons. The van der Waals surface area contributed by atoms with Crippen molar-refractivity contribution >= 4 is 0 Å². The molecule has 0 spiro atoms. The Hall–Kier alpha value is -1.27. The molecule has 0 amide bonds. The standard InChI is InChI=1S/C12H9F17O2/c1-4(2)3-5(13,14)9(22,23)30-11(26,27)7(17,18)12(28,29)31-10(24,25)6(15,16)8(19,20)21/h4H,3H2,1-2H3. The van der Waals surface area contributed by atoms with Crippen molar-refractivity contribution in [2.24, 2.45) is 5.92 Å². The summed E-state index contributed by atoms with van der Waals surface area (Å²) in [5.41, 5.74) is 0. The first kappa shape index (κ1) is 29.7. The molecule has 0 aliphatic carbocycles. The van der Waals surface area contributed by atoms with E-state index in [1.54, 1.807) is 4.74 Å². The Bertz CT molecular complexity index is 621. The monoisotopic (exact) mass is 508 g/mol. The van der Waals surface area contributed by atoms with Crippen molar-refractivity contribution in [1.82, 2.24) is 0 Å². The van der Waals surface area contributed by atoms with Gasteiger partial charge in [0.1, 0.15) is 0 Å². The molecule has 0 aliphatic rings. The smallest absolute Gasteiger partial charge is 0.245 e. The summed E-state index contributed by atoms with van der Waals surface area (Å²) in [5.74, 6) is -22.8. The maximum atomic E-state index is 13.2. The fraction of sp³-hybridized carbons (Fsp3) is 1.00. The highest BCUT2D eigenvalue weighted by Gasteiger charge is 2.83. The maximum Gasteiger partial charge on any atom is 0.462 e. The lowest BCUT2D eigenvalue weighted by Crippen LogP contribution is -2.64. The lowest BCUT2D eigenvalue weighted by molar-refractivity contribution is -0.542. The number of hydrogen-bond donors (Lipinski definition) is 0. The van der Waals surface area contributed by atoms with E-state index in [1.807, 2.05) is 0 Å². The van der Waals surface area contributed by atoms with Crippen molar-refractivity contribution in [3.05, 3.63) is 0 Å². The average molecular weight is 508 g/mol. The average Bonchev–Trinajstić information content (AvgIpc) is 2.41. The third kappa shape index (κ3) is 5.57. The summed E-state index contributed by atoms with van der Waals surface area (Å²) in [5, 5.41) is 0. The Labute approximate surface area is 160 Å². The molecule has 0 aromatic rings. The predicted molar refractivity (Wildman–Crippen MR) is 62.3 cm³/mol. The van der Waals surface area contributed by atoms with Gasteiger partial charge in [-0.05, 0) is 5.92 Å². The van der Waals surface area contributed by atoms with Gasteiger partial charge in [0.15, 0.2) is 0 Å². The van der Waals surface area contributed by atoms with Gasteiger partial charge in [-0.15, -0.1) is 0 Å². The lowest BCUT2D eigenvalue weighted by Gasteiger charge is -2.37. The minimum Gasteiger partial charge on any atom is -0.245 e. The van der Waals surface area contributed by atoms with Crippen LogP contribution in [0, 0.1) is 5.92 Å². The highest BCUT2D eigenvalue weighted by molar-refractivity contribution is 4.92. The molecule has 0 saturated heterocycles. The Balaban J connectivity index is 6.05. The number of hydrogen-bond acceptors (Lipinski definition) is 2. The zero-order valence-corrected chi connectivity index (χ0v) is 14.5. The zero-order chi connectivity index (χ0) is 25.7. The number of alkyl halides is 17. The molecular formula is C12H9F17O2. The van der Waals surface area contributed by atoms with Crippen molar-refractivity contribution in [1.29, 1.82) is 0 Å². The molecule has 0 N–H and O–H groups in total. The van der Waals surface area contributed by atoms with E-state index in [2.05, 4.69) is 0 Å². The van der Waals surface area contributed by atoms with E-state index in [9.17, 15) is 74.6 Å². The van der Waals surface area contributed by atoms with Gasteiger partial charge in [0.25, 0.3) is 0 Å². The van der Waals surface area contributed by atoms with E-state index in [1.165, 1.54) is 4.74 Å². The number of rotatable bonds is 10. The van der Waals surface area contributed by atoms with Crippen molar-refractivity contribution in [2.45, 2.75) is 68.6 Å². The molecule has 0 radical (unpaired) electrons. The first-order chi connectivity index (χ1) is 13.1. The van der Waals surface area contributed by atoms with Gasteiger partial charge in [-0.2, -0.15) is 74.6 Å². The molecule has 19 heteroatoms. The molecule has 0 heterocycles. The van der Waals surface area contributed by atoms with Crippen LogP contribution in [0.25, 0.3) is 0 Å². The molecule has 0 aliphatic heterocycles. The maximum absolute atomic E-state index is 13.2. The Morgan fingerprint density at radius 3 is 1.06 bits per heavy atom. The van der Waals surface area contributed by atoms with Crippen LogP contribution in [0.5, 0.6) is 0 Å². The minimum atomic E-state index is -7.90. The first-order valence-corrected chi connectivity index (χ1v) is 7.20. The highest BCUT2D eigenvalue weighted by atomic mass is 19.4. The van der Waals surface area contributed by atoms with Gasteiger partial charge >= 0.3 is 48.4 Å². The molecule has 0 atom stereocenters. The third-order valence-corrected chi connectivity index (χ3v) is 3.06. The van der Waals surface area contributed by atoms with Crippen LogP contribution >= 0.6 is 0 Å². The predicted octanol–water partition coefficient (Wildman–Crippen LogP) is 6.91. The van der Waals surface area contributed by atoms with Gasteiger partial charge < -0.3 is 0 Å². The van der Waals surface area contributed by atoms with Crippen molar-refractivity contribution in [3.8, 4) is 0 Å². The first-order valence-electron chi connectivity index (χ1n) is 7.20. The molecular weight excluding hydrogens is 499 g/mol. The van der Waals surface area contributed by atoms with E-state index in [0.29, 0.717) is 0 Å². The topological polar surface area (TPSA) is 18.5 Å². The van der Waals surface area contributed by atoms with Gasteiger partial charge in [0.05, 0.1) is 0 Å². The number of ether oxygens (including phenoxy) is 2. The summed E-state index contributed by atoms with van der Waals surface area (Å²) in [6.45, 7) is 1.56. The summed E-state index contributed by atoms with van der Waals surface area (Å²) in [7, 11) is 0. The molecule has 0 aromatic heterocycles. The van der Waals surface area contributed by atoms with Gasteiger partial charge in [-0.25, -0.2) is 9.47 Å². The van der Waals surface area contributed by atoms with Crippen LogP contribution in [-0.2, 0) is 9.47 Å². The normalized spacial score (nSPS) is 16.3. The van der Waals surface area contributed by atoms with Crippen molar-refractivity contribution in [2.75, 3.05) is 0 Å².